The Hall–Kier alpha value is -2.82. The lowest BCUT2D eigenvalue weighted by Crippen LogP contribution is -2.29. The van der Waals surface area contributed by atoms with Crippen molar-refractivity contribution in [2.45, 2.75) is 13.3 Å². The van der Waals surface area contributed by atoms with E-state index < -0.39 is 18.4 Å². The monoisotopic (exact) mass is 313 g/mol. The van der Waals surface area contributed by atoms with Crippen LogP contribution in [0.15, 0.2) is 48.5 Å². The topological polar surface area (TPSA) is 75.6 Å². The molecule has 0 heterocycles. The average Bonchev–Trinajstić information content (AvgIpc) is 2.55. The van der Waals surface area contributed by atoms with E-state index in [1.54, 1.807) is 24.3 Å². The number of carboxylic acids is 1. The van der Waals surface area contributed by atoms with Gasteiger partial charge in [0.05, 0.1) is 6.61 Å². The summed E-state index contributed by atoms with van der Waals surface area (Å²) in [6, 6.07) is 14.9. The van der Waals surface area contributed by atoms with Crippen molar-refractivity contribution < 1.29 is 19.4 Å². The van der Waals surface area contributed by atoms with E-state index in [4.69, 9.17) is 9.84 Å². The van der Waals surface area contributed by atoms with E-state index in [0.29, 0.717) is 17.9 Å². The van der Waals surface area contributed by atoms with Gasteiger partial charge in [-0.05, 0) is 36.8 Å². The molecule has 23 heavy (non-hydrogen) atoms. The van der Waals surface area contributed by atoms with Crippen LogP contribution < -0.4 is 10.1 Å². The number of carbonyl (C=O) groups excluding carboxylic acids is 1. The Morgan fingerprint density at radius 3 is 2.30 bits per heavy atom. The van der Waals surface area contributed by atoms with Crippen LogP contribution >= 0.6 is 0 Å². The molecule has 0 aromatic heterocycles. The molecule has 0 unspecified atom stereocenters. The zero-order valence-corrected chi connectivity index (χ0v) is 12.9. The molecule has 2 aromatic carbocycles. The highest BCUT2D eigenvalue weighted by Crippen LogP contribution is 2.13. The minimum absolute atomic E-state index is 0.395. The summed E-state index contributed by atoms with van der Waals surface area (Å²) in [5.41, 5.74) is 2.84. The van der Waals surface area contributed by atoms with Gasteiger partial charge in [-0.15, -0.1) is 0 Å². The number of rotatable bonds is 7. The molecule has 0 radical (unpaired) electrons. The third kappa shape index (κ3) is 5.47. The highest BCUT2D eigenvalue weighted by Gasteiger charge is 2.07. The Morgan fingerprint density at radius 1 is 1.04 bits per heavy atom. The van der Waals surface area contributed by atoms with Crippen LogP contribution in [0.3, 0.4) is 0 Å². The van der Waals surface area contributed by atoms with Crippen LogP contribution in [0.4, 0.5) is 0 Å². The van der Waals surface area contributed by atoms with Gasteiger partial charge < -0.3 is 15.2 Å². The normalized spacial score (nSPS) is 10.1. The molecule has 2 aromatic rings. The second kappa shape index (κ2) is 7.98. The molecule has 1 amide bonds. The zero-order valence-electron chi connectivity index (χ0n) is 12.9. The van der Waals surface area contributed by atoms with Crippen molar-refractivity contribution in [1.82, 2.24) is 5.32 Å². The number of benzene rings is 2. The molecule has 120 valence electrons. The Balaban J connectivity index is 1.81. The van der Waals surface area contributed by atoms with E-state index in [2.05, 4.69) is 36.5 Å². The second-order valence-electron chi connectivity index (χ2n) is 5.18. The van der Waals surface area contributed by atoms with E-state index in [9.17, 15) is 9.59 Å². The van der Waals surface area contributed by atoms with E-state index >= 15 is 0 Å². The van der Waals surface area contributed by atoms with Gasteiger partial charge in [-0.2, -0.15) is 0 Å². The van der Waals surface area contributed by atoms with Gasteiger partial charge >= 0.3 is 5.97 Å². The lowest BCUT2D eigenvalue weighted by Gasteiger charge is -2.08. The third-order valence-electron chi connectivity index (χ3n) is 3.30. The maximum Gasteiger partial charge on any atom is 0.322 e. The van der Waals surface area contributed by atoms with Crippen molar-refractivity contribution in [3.05, 3.63) is 65.2 Å². The standard InChI is InChI=1S/C18H19NO4/c1-13-2-4-14(5-3-13)10-11-23-16-8-6-15(7-9-16)18(22)19-12-17(20)21/h2-9H,10-12H2,1H3,(H,19,22)(H,20,21). The smallest absolute Gasteiger partial charge is 0.322 e. The van der Waals surface area contributed by atoms with Crippen molar-refractivity contribution in [2.24, 2.45) is 0 Å². The molecule has 0 aliphatic carbocycles. The molecular formula is C18H19NO4. The Kier molecular flexibility index (Phi) is 5.74. The SMILES string of the molecule is Cc1ccc(CCOc2ccc(C(=O)NCC(=O)O)cc2)cc1. The molecule has 5 nitrogen and oxygen atoms in total. The number of aliphatic carboxylic acids is 1. The van der Waals surface area contributed by atoms with Crippen LogP contribution in [0.1, 0.15) is 21.5 Å². The summed E-state index contributed by atoms with van der Waals surface area (Å²) in [6.07, 6.45) is 0.807. The Labute approximate surface area is 134 Å². The molecule has 0 aliphatic rings. The average molecular weight is 313 g/mol. The van der Waals surface area contributed by atoms with Crippen LogP contribution in [-0.4, -0.2) is 30.1 Å². The van der Waals surface area contributed by atoms with Crippen LogP contribution in [0.5, 0.6) is 5.75 Å². The number of hydrogen-bond acceptors (Lipinski definition) is 3. The maximum atomic E-state index is 11.7. The van der Waals surface area contributed by atoms with E-state index in [-0.39, 0.29) is 0 Å². The summed E-state index contributed by atoms with van der Waals surface area (Å²) >= 11 is 0. The molecular weight excluding hydrogens is 294 g/mol. The molecule has 0 aliphatic heterocycles. The molecule has 0 spiro atoms. The minimum Gasteiger partial charge on any atom is -0.493 e. The first-order valence-electron chi connectivity index (χ1n) is 7.33. The first kappa shape index (κ1) is 16.5. The first-order chi connectivity index (χ1) is 11.0. The maximum absolute atomic E-state index is 11.7. The van der Waals surface area contributed by atoms with Crippen LogP contribution in [0.25, 0.3) is 0 Å². The summed E-state index contributed by atoms with van der Waals surface area (Å²) in [5, 5.41) is 10.8. The molecule has 5 heteroatoms. The van der Waals surface area contributed by atoms with Gasteiger partial charge in [-0.25, -0.2) is 0 Å². The lowest BCUT2D eigenvalue weighted by atomic mass is 10.1. The van der Waals surface area contributed by atoms with Gasteiger partial charge in [0.15, 0.2) is 0 Å². The summed E-state index contributed by atoms with van der Waals surface area (Å²) in [4.78, 5) is 22.1. The molecule has 0 bridgehead atoms. The predicted octanol–water partition coefficient (Wildman–Crippen LogP) is 2.43. The van der Waals surface area contributed by atoms with Gasteiger partial charge in [-0.1, -0.05) is 29.8 Å². The number of carboxylic acid groups (broad SMARTS) is 1. The minimum atomic E-state index is -1.07. The number of nitrogens with one attached hydrogen (secondary N) is 1. The quantitative estimate of drug-likeness (QED) is 0.823. The predicted molar refractivity (Wildman–Crippen MR) is 86.8 cm³/mol. The number of ether oxygens (including phenoxy) is 1. The van der Waals surface area contributed by atoms with E-state index in [1.165, 1.54) is 11.1 Å². The van der Waals surface area contributed by atoms with E-state index in [1.807, 2.05) is 0 Å². The summed E-state index contributed by atoms with van der Waals surface area (Å²) < 4.78 is 5.65. The molecule has 0 saturated heterocycles. The lowest BCUT2D eigenvalue weighted by molar-refractivity contribution is -0.135. The van der Waals surface area contributed by atoms with Crippen LogP contribution in [-0.2, 0) is 11.2 Å². The Bertz CT molecular complexity index is 662. The molecule has 0 fully saturated rings. The largest absolute Gasteiger partial charge is 0.493 e. The molecule has 0 atom stereocenters. The summed E-state index contributed by atoms with van der Waals surface area (Å²) in [5.74, 6) is -0.820. The summed E-state index contributed by atoms with van der Waals surface area (Å²) in [7, 11) is 0. The van der Waals surface area contributed by atoms with Crippen molar-refractivity contribution >= 4 is 11.9 Å². The van der Waals surface area contributed by atoms with E-state index in [0.717, 1.165) is 6.42 Å². The van der Waals surface area contributed by atoms with Crippen molar-refractivity contribution in [3.8, 4) is 5.75 Å². The fourth-order valence-corrected chi connectivity index (χ4v) is 2.00. The van der Waals surface area contributed by atoms with Crippen LogP contribution in [0.2, 0.25) is 0 Å². The number of carbonyl (C=O) groups is 2. The van der Waals surface area contributed by atoms with Gasteiger partial charge in [-0.3, -0.25) is 9.59 Å². The first-order valence-corrected chi connectivity index (χ1v) is 7.33. The summed E-state index contributed by atoms with van der Waals surface area (Å²) in [6.45, 7) is 2.20. The third-order valence-corrected chi connectivity index (χ3v) is 3.30. The molecule has 2 rings (SSSR count). The van der Waals surface area contributed by atoms with Crippen molar-refractivity contribution in [1.29, 1.82) is 0 Å². The van der Waals surface area contributed by atoms with Crippen LogP contribution in [0, 0.1) is 6.92 Å². The highest BCUT2D eigenvalue weighted by atomic mass is 16.5. The molecule has 0 saturated carbocycles. The highest BCUT2D eigenvalue weighted by molar-refractivity contribution is 5.95. The fraction of sp³-hybridized carbons (Fsp3) is 0.222. The van der Waals surface area contributed by atoms with Gasteiger partial charge in [0.25, 0.3) is 5.91 Å². The second-order valence-corrected chi connectivity index (χ2v) is 5.18. The van der Waals surface area contributed by atoms with Gasteiger partial charge in [0, 0.05) is 12.0 Å². The zero-order chi connectivity index (χ0) is 16.7. The number of amides is 1. The fourth-order valence-electron chi connectivity index (χ4n) is 2.00. The Morgan fingerprint density at radius 2 is 1.70 bits per heavy atom. The van der Waals surface area contributed by atoms with Gasteiger partial charge in [0.1, 0.15) is 12.3 Å². The molecule has 2 N–H and O–H groups in total. The van der Waals surface area contributed by atoms with Crippen molar-refractivity contribution in [3.63, 3.8) is 0 Å². The van der Waals surface area contributed by atoms with Crippen molar-refractivity contribution in [2.75, 3.05) is 13.2 Å². The van der Waals surface area contributed by atoms with Gasteiger partial charge in [0.2, 0.25) is 0 Å². The number of aryl methyl sites for hydroxylation is 1. The number of hydrogen-bond donors (Lipinski definition) is 2.